The van der Waals surface area contributed by atoms with Gasteiger partial charge in [0.05, 0.1) is 34.9 Å². The average Bonchev–Trinajstić information content (AvgIpc) is 3.29. The number of aromatic nitrogens is 2. The van der Waals surface area contributed by atoms with Gasteiger partial charge in [0.1, 0.15) is 5.82 Å². The van der Waals surface area contributed by atoms with E-state index in [1.54, 1.807) is 54.6 Å². The largest absolute Gasteiger partial charge is 0.369 e. The molecule has 16 heteroatoms. The molecular formula is C49H50ClF2N9O4. The second kappa shape index (κ2) is 18.9. The number of hydrogen-bond acceptors (Lipinski definition) is 10. The number of rotatable bonds is 12. The molecule has 9 rings (SSSR count). The number of amides is 4. The number of anilines is 6. The Kier molecular flexibility index (Phi) is 12.8. The van der Waals surface area contributed by atoms with Gasteiger partial charge in [0.15, 0.2) is 11.6 Å². The van der Waals surface area contributed by atoms with E-state index in [9.17, 15) is 23.6 Å². The molecular weight excluding hydrogens is 852 g/mol. The lowest BCUT2D eigenvalue weighted by atomic mass is 9.60. The van der Waals surface area contributed by atoms with Crippen molar-refractivity contribution in [3.63, 3.8) is 0 Å². The van der Waals surface area contributed by atoms with Gasteiger partial charge in [0.25, 0.3) is 5.91 Å². The Morgan fingerprint density at radius 3 is 2.25 bits per heavy atom. The highest BCUT2D eigenvalue weighted by molar-refractivity contribution is 6.33. The van der Waals surface area contributed by atoms with E-state index < -0.39 is 11.7 Å². The quantitative estimate of drug-likeness (QED) is 0.0772. The Hall–Kier alpha value is -6.45. The van der Waals surface area contributed by atoms with E-state index in [0.717, 1.165) is 76.5 Å². The second-order valence-electron chi connectivity index (χ2n) is 17.7. The Morgan fingerprint density at radius 2 is 1.54 bits per heavy atom. The van der Waals surface area contributed by atoms with Crippen LogP contribution >= 0.6 is 11.6 Å². The average molecular weight is 902 g/mol. The molecule has 1 unspecified atom stereocenters. The van der Waals surface area contributed by atoms with Gasteiger partial charge in [0, 0.05) is 48.5 Å². The van der Waals surface area contributed by atoms with Gasteiger partial charge in [0.2, 0.25) is 23.7 Å². The van der Waals surface area contributed by atoms with Gasteiger partial charge in [-0.25, -0.2) is 13.8 Å². The Labute approximate surface area is 380 Å². The van der Waals surface area contributed by atoms with Crippen molar-refractivity contribution in [3.05, 3.63) is 131 Å². The normalized spacial score (nSPS) is 19.0. The van der Waals surface area contributed by atoms with E-state index in [1.807, 2.05) is 30.3 Å². The Morgan fingerprint density at radius 1 is 0.831 bits per heavy atom. The van der Waals surface area contributed by atoms with E-state index in [2.05, 4.69) is 46.4 Å². The number of para-hydroxylation sites is 1. The van der Waals surface area contributed by atoms with E-state index in [1.165, 1.54) is 6.07 Å². The highest BCUT2D eigenvalue weighted by Gasteiger charge is 2.47. The lowest BCUT2D eigenvalue weighted by Crippen LogP contribution is -2.57. The molecule has 3 saturated heterocycles. The molecule has 3 aliphatic heterocycles. The zero-order valence-corrected chi connectivity index (χ0v) is 36.5. The fourth-order valence-electron chi connectivity index (χ4n) is 9.75. The number of piperidine rings is 3. The van der Waals surface area contributed by atoms with Crippen molar-refractivity contribution >= 4 is 69.7 Å². The first kappa shape index (κ1) is 43.8. The minimum Gasteiger partial charge on any atom is -0.369 e. The van der Waals surface area contributed by atoms with Gasteiger partial charge in [-0.2, -0.15) is 4.98 Å². The molecule has 13 nitrogen and oxygen atoms in total. The maximum atomic E-state index is 15.3. The van der Waals surface area contributed by atoms with Gasteiger partial charge in [-0.1, -0.05) is 41.9 Å². The topological polar surface area (TPSA) is 161 Å². The molecule has 5 aromatic rings. The summed E-state index contributed by atoms with van der Waals surface area (Å²) in [5, 5.41) is 14.8. The van der Waals surface area contributed by atoms with Gasteiger partial charge in [-0.05, 0) is 135 Å². The lowest BCUT2D eigenvalue weighted by molar-refractivity contribution is -0.134. The highest BCUT2D eigenvalue weighted by Crippen LogP contribution is 2.49. The molecule has 1 aromatic heterocycles. The molecule has 0 radical (unpaired) electrons. The molecule has 4 aromatic carbocycles. The number of nitrogens with zero attached hydrogens (tertiary/aromatic N) is 4. The molecule has 65 heavy (non-hydrogen) atoms. The summed E-state index contributed by atoms with van der Waals surface area (Å²) >= 11 is 6.16. The van der Waals surface area contributed by atoms with Crippen LogP contribution in [0.3, 0.4) is 0 Å². The van der Waals surface area contributed by atoms with Crippen LogP contribution in [0, 0.1) is 17.0 Å². The number of halogens is 3. The molecule has 1 spiro atoms. The van der Waals surface area contributed by atoms with Crippen molar-refractivity contribution in [2.24, 2.45) is 5.41 Å². The van der Waals surface area contributed by atoms with E-state index >= 15 is 4.39 Å². The van der Waals surface area contributed by atoms with Crippen molar-refractivity contribution in [2.75, 3.05) is 47.0 Å². The van der Waals surface area contributed by atoms with Crippen molar-refractivity contribution in [1.82, 2.24) is 25.5 Å². The standard InChI is InChI=1S/C49H50ClF2N9O4/c50-38-3-1-2-4-41(38)57-46(64)31-7-12-33(13-8-31)55-45-40(52)29-53-48(59-45)56-34-10-5-30(6-11-34)25-44(63)54-35-27-49(28-35)19-23-60(24-20-49)36-17-21-61(22-18-36)42-15-9-32(26-39(42)51)37-14-16-43(62)58-47(37)65/h1-13,15,26,29,35-37H,14,16-25,27-28H2,(H,54,63)(H,57,64)(H,58,62,65)(H2,53,55,56,59). The molecule has 336 valence electrons. The minimum absolute atomic E-state index is 0.0105. The summed E-state index contributed by atoms with van der Waals surface area (Å²) in [6.07, 6.45) is 8.11. The molecule has 1 saturated carbocycles. The lowest BCUT2D eigenvalue weighted by Gasteiger charge is -2.54. The zero-order valence-electron chi connectivity index (χ0n) is 35.7. The number of carbonyl (C=O) groups is 4. The number of nitrogens with one attached hydrogen (secondary N) is 5. The maximum absolute atomic E-state index is 15.3. The molecule has 4 fully saturated rings. The minimum atomic E-state index is -0.650. The van der Waals surface area contributed by atoms with E-state index in [4.69, 9.17) is 11.6 Å². The monoisotopic (exact) mass is 901 g/mol. The molecule has 1 atom stereocenters. The van der Waals surface area contributed by atoms with Crippen molar-refractivity contribution in [3.8, 4) is 0 Å². The Bertz CT molecular complexity index is 2570. The van der Waals surface area contributed by atoms with E-state index in [-0.39, 0.29) is 65.5 Å². The van der Waals surface area contributed by atoms with Crippen LogP contribution in [0.5, 0.6) is 0 Å². The fourth-order valence-corrected chi connectivity index (χ4v) is 9.94. The number of hydrogen-bond donors (Lipinski definition) is 5. The highest BCUT2D eigenvalue weighted by atomic mass is 35.5. The van der Waals surface area contributed by atoms with Crippen LogP contribution in [0.1, 0.15) is 78.8 Å². The van der Waals surface area contributed by atoms with Gasteiger partial charge < -0.3 is 31.1 Å². The smallest absolute Gasteiger partial charge is 0.255 e. The summed E-state index contributed by atoms with van der Waals surface area (Å²) < 4.78 is 30.0. The van der Waals surface area contributed by atoms with Crippen LogP contribution < -0.4 is 31.5 Å². The molecule has 4 amide bonds. The predicted molar refractivity (Wildman–Crippen MR) is 246 cm³/mol. The number of imide groups is 1. The zero-order chi connectivity index (χ0) is 45.1. The SMILES string of the molecule is O=C1CCC(c2ccc(N3CCC(N4CCC5(CC4)CC(NC(=O)Cc4ccc(Nc6ncc(F)c(Nc7ccc(C(=O)Nc8ccccc8Cl)cc7)n6)cc4)C5)CC3)c(F)c2)C(=O)N1. The first-order chi connectivity index (χ1) is 31.5. The third-order valence-corrected chi connectivity index (χ3v) is 13.7. The molecule has 5 N–H and O–H groups in total. The van der Waals surface area contributed by atoms with E-state index in [0.29, 0.717) is 51.4 Å². The van der Waals surface area contributed by atoms with Crippen LogP contribution in [-0.2, 0) is 20.8 Å². The summed E-state index contributed by atoms with van der Waals surface area (Å²) in [6.45, 7) is 3.60. The van der Waals surface area contributed by atoms with Crippen LogP contribution in [0.15, 0.2) is 97.2 Å². The van der Waals surface area contributed by atoms with Crippen LogP contribution in [0.2, 0.25) is 5.02 Å². The maximum Gasteiger partial charge on any atom is 0.255 e. The third-order valence-electron chi connectivity index (χ3n) is 13.4. The first-order valence-corrected chi connectivity index (χ1v) is 22.6. The number of likely N-dealkylation sites (tertiary alicyclic amines) is 1. The summed E-state index contributed by atoms with van der Waals surface area (Å²) in [5.74, 6) is -2.33. The Balaban J connectivity index is 0.686. The van der Waals surface area contributed by atoms with Crippen molar-refractivity contribution in [2.45, 2.75) is 75.8 Å². The first-order valence-electron chi connectivity index (χ1n) is 22.2. The molecule has 1 aliphatic carbocycles. The number of carbonyl (C=O) groups excluding carboxylic acids is 4. The van der Waals surface area contributed by atoms with Gasteiger partial charge >= 0.3 is 0 Å². The fraction of sp³-hybridized carbons (Fsp3) is 0.347. The van der Waals surface area contributed by atoms with Gasteiger partial charge in [-0.3, -0.25) is 24.5 Å². The van der Waals surface area contributed by atoms with Gasteiger partial charge in [-0.15, -0.1) is 0 Å². The summed E-state index contributed by atoms with van der Waals surface area (Å²) in [5.41, 5.74) is 4.40. The number of benzene rings is 4. The second-order valence-corrected chi connectivity index (χ2v) is 18.1. The van der Waals surface area contributed by atoms with Crippen LogP contribution in [0.4, 0.5) is 43.3 Å². The summed E-state index contributed by atoms with van der Waals surface area (Å²) in [6, 6.07) is 26.5. The molecule has 4 aliphatic rings. The van der Waals surface area contributed by atoms with Crippen molar-refractivity contribution in [1.29, 1.82) is 0 Å². The van der Waals surface area contributed by atoms with Crippen molar-refractivity contribution < 1.29 is 28.0 Å². The van der Waals surface area contributed by atoms with Crippen LogP contribution in [-0.4, -0.2) is 76.8 Å². The third kappa shape index (κ3) is 10.3. The molecule has 0 bridgehead atoms. The van der Waals surface area contributed by atoms with Crippen LogP contribution in [0.25, 0.3) is 0 Å². The molecule has 4 heterocycles. The predicted octanol–water partition coefficient (Wildman–Crippen LogP) is 8.24. The summed E-state index contributed by atoms with van der Waals surface area (Å²) in [7, 11) is 0. The summed E-state index contributed by atoms with van der Waals surface area (Å²) in [4.78, 5) is 62.7.